The van der Waals surface area contributed by atoms with Crippen molar-refractivity contribution >= 4 is 0 Å². The average Bonchev–Trinajstić information content (AvgIpc) is 1.37. The summed E-state index contributed by atoms with van der Waals surface area (Å²) < 4.78 is 0. The van der Waals surface area contributed by atoms with Gasteiger partial charge >= 0.3 is 0 Å². The van der Waals surface area contributed by atoms with Gasteiger partial charge in [-0.15, -0.1) is 0 Å². The molecule has 0 fully saturated rings. The Labute approximate surface area is 107 Å². The van der Waals surface area contributed by atoms with Gasteiger partial charge in [-0.3, -0.25) is 0 Å². The smallest absolute Gasteiger partial charge is 0 e. The van der Waals surface area contributed by atoms with E-state index in [1.54, 1.807) is 0 Å². The minimum Gasteiger partial charge on any atom is -0.0776 e. The Bertz CT molecular complexity index is 8.04. The average molecular weight is 154 g/mol. The Morgan fingerprint density at radius 3 is 1.00 bits per heavy atom. The van der Waals surface area contributed by atoms with E-state index in [2.05, 4.69) is 13.8 Å². The molecule has 0 spiro atoms. The molecule has 0 aromatic rings. The fourth-order valence-electron chi connectivity index (χ4n) is 0. The first kappa shape index (κ1) is 22.7. The Morgan fingerprint density at radius 1 is 0.857 bits per heavy atom. The maximum atomic E-state index is 2.18. The first-order valence-electron chi connectivity index (χ1n) is 1.91. The molecular weight excluding hydrogens is 140 g/mol. The molecule has 0 heterocycles. The Hall–Kier alpha value is 2.52. The van der Waals surface area contributed by atoms with Gasteiger partial charge in [-0.25, -0.2) is 0 Å². The van der Waals surface area contributed by atoms with Crippen LogP contribution in [0.3, 0.4) is 0 Å². The molecule has 0 radical (unpaired) electrons. The second-order valence-electron chi connectivity index (χ2n) is 1.000. The first-order valence-corrected chi connectivity index (χ1v) is 1.91. The van der Waals surface area contributed by atoms with Gasteiger partial charge in [-0.1, -0.05) is 34.1 Å². The van der Waals surface area contributed by atoms with Crippen LogP contribution in [0.25, 0.3) is 0 Å². The van der Waals surface area contributed by atoms with Gasteiger partial charge in [0.25, 0.3) is 0 Å². The van der Waals surface area contributed by atoms with Crippen molar-refractivity contribution in [2.24, 2.45) is 0 Å². The van der Waals surface area contributed by atoms with E-state index >= 15 is 0 Å². The van der Waals surface area contributed by atoms with Crippen molar-refractivity contribution < 1.29 is 75.5 Å². The van der Waals surface area contributed by atoms with Gasteiger partial charge in [0.05, 0.1) is 0 Å². The number of unbranched alkanes of at least 4 members (excludes halogenated alkanes) is 1. The van der Waals surface area contributed by atoms with Crippen LogP contribution in [-0.4, -0.2) is 0 Å². The zero-order valence-corrected chi connectivity index (χ0v) is 5.54. The van der Waals surface area contributed by atoms with E-state index in [-0.39, 0.29) is 82.9 Å². The van der Waals surface area contributed by atoms with Gasteiger partial charge in [0.2, 0.25) is 0 Å². The Balaban J connectivity index is -0.0000000150. The minimum atomic E-state index is 0. The third-order valence-electron chi connectivity index (χ3n) is 0.500. The maximum absolute atomic E-state index is 2.18. The molecule has 0 nitrogen and oxygen atoms in total. The second kappa shape index (κ2) is 23.6. The van der Waals surface area contributed by atoms with Crippen LogP contribution in [0.4, 0.5) is 0 Å². The van der Waals surface area contributed by atoms with Crippen LogP contribution in [-0.2, 0) is 0 Å². The second-order valence-corrected chi connectivity index (χ2v) is 1.000. The fourth-order valence-corrected chi connectivity index (χ4v) is 0. The van der Waals surface area contributed by atoms with E-state index in [0.29, 0.717) is 0 Å². The van der Waals surface area contributed by atoms with Gasteiger partial charge in [0.1, 0.15) is 0 Å². The molecule has 0 aliphatic carbocycles. The molecule has 0 aliphatic rings. The molecule has 50 valence electrons. The van der Waals surface area contributed by atoms with Crippen LogP contribution < -0.4 is 0 Å². The van der Waals surface area contributed by atoms with Crippen molar-refractivity contribution in [3.05, 3.63) is 0 Å². The summed E-state index contributed by atoms with van der Waals surface area (Å²) in [6.45, 7) is 4.36. The largest absolute Gasteiger partial charge is 0.0776 e. The van der Waals surface area contributed by atoms with Gasteiger partial charge in [0, 0.05) is 75.5 Å². The number of hydrogen-bond acceptors (Lipinski definition) is 0. The van der Waals surface area contributed by atoms with Gasteiger partial charge in [0.15, 0.2) is 0 Å². The molecule has 0 bridgehead atoms. The third-order valence-corrected chi connectivity index (χ3v) is 0.500. The van der Waals surface area contributed by atoms with E-state index in [1.165, 1.54) is 12.8 Å². The van der Waals surface area contributed by atoms with Crippen LogP contribution in [0.2, 0.25) is 0 Å². The monoisotopic (exact) mass is 154 g/mol. The van der Waals surface area contributed by atoms with E-state index in [1.807, 2.05) is 0 Å². The summed E-state index contributed by atoms with van der Waals surface area (Å²) in [4.78, 5) is 0. The van der Waals surface area contributed by atoms with Crippen LogP contribution in [0.1, 0.15) is 34.1 Å². The zero-order valence-electron chi connectivity index (χ0n) is 4.12. The van der Waals surface area contributed by atoms with Crippen LogP contribution in [0, 0.1) is 75.5 Å². The molecule has 0 N–H and O–H groups in total. The summed E-state index contributed by atoms with van der Waals surface area (Å²) in [5, 5.41) is 0. The summed E-state index contributed by atoms with van der Waals surface area (Å²) in [6.07, 6.45) is 2.64. The molecule has 0 aromatic carbocycles. The first-order chi connectivity index (χ1) is 1.91. The van der Waals surface area contributed by atoms with Crippen molar-refractivity contribution in [1.82, 2.24) is 0 Å². The third kappa shape index (κ3) is 29.2. The Kier molecular flexibility index (Phi) is 76.4. The van der Waals surface area contributed by atoms with Gasteiger partial charge in [-0.2, -0.15) is 0 Å². The molecule has 0 unspecified atom stereocenters. The van der Waals surface area contributed by atoms with Crippen molar-refractivity contribution in [3.8, 4) is 0 Å². The van der Waals surface area contributed by atoms with Gasteiger partial charge in [-0.05, 0) is 0 Å². The molecule has 0 aliphatic heterocycles. The molecular formula is C5H14Ar2. The topological polar surface area (TPSA) is 0 Å². The predicted octanol–water partition coefficient (Wildman–Crippen LogP) is 2.44. The molecule has 0 amide bonds. The standard InChI is InChI=1S/C4H10.CH4.2Ar/c1-3-4-2;;;/h3-4H2,1-2H3;1H4;;. The van der Waals surface area contributed by atoms with E-state index in [0.717, 1.165) is 0 Å². The predicted molar refractivity (Wildman–Crippen MR) is 27.3 cm³/mol. The summed E-state index contributed by atoms with van der Waals surface area (Å²) in [6, 6.07) is 0. The van der Waals surface area contributed by atoms with Crippen molar-refractivity contribution in [2.45, 2.75) is 34.1 Å². The molecule has 0 rings (SSSR count). The number of hydrogen-bond donors (Lipinski definition) is 0. The molecule has 7 heavy (non-hydrogen) atoms. The molecule has 0 aromatic heterocycles. The minimum absolute atomic E-state index is 0. The molecule has 0 saturated heterocycles. The summed E-state index contributed by atoms with van der Waals surface area (Å²) in [5.74, 6) is 0. The van der Waals surface area contributed by atoms with E-state index in [9.17, 15) is 0 Å². The number of rotatable bonds is 1. The van der Waals surface area contributed by atoms with Crippen molar-refractivity contribution in [2.75, 3.05) is 0 Å². The summed E-state index contributed by atoms with van der Waals surface area (Å²) in [7, 11) is 0. The van der Waals surface area contributed by atoms with Crippen LogP contribution in [0.5, 0.6) is 0 Å². The molecule has 2 heteroatoms. The Morgan fingerprint density at radius 2 is 1.00 bits per heavy atom. The summed E-state index contributed by atoms with van der Waals surface area (Å²) >= 11 is 0. The normalized spacial score (nSPS) is 4.29. The van der Waals surface area contributed by atoms with Crippen LogP contribution in [0.15, 0.2) is 0 Å². The summed E-state index contributed by atoms with van der Waals surface area (Å²) in [5.41, 5.74) is 0. The van der Waals surface area contributed by atoms with E-state index in [4.69, 9.17) is 0 Å². The van der Waals surface area contributed by atoms with E-state index < -0.39 is 0 Å². The molecule has 0 atom stereocenters. The SMILES string of the molecule is C.CCCC.[Ar].[Ar]. The molecule has 0 saturated carbocycles. The zero-order chi connectivity index (χ0) is 3.41. The maximum Gasteiger partial charge on any atom is 0 e. The van der Waals surface area contributed by atoms with Gasteiger partial charge < -0.3 is 0 Å². The van der Waals surface area contributed by atoms with Crippen molar-refractivity contribution in [3.63, 3.8) is 0 Å². The van der Waals surface area contributed by atoms with Crippen molar-refractivity contribution in [1.29, 1.82) is 0 Å². The quantitative estimate of drug-likeness (QED) is 0.544. The van der Waals surface area contributed by atoms with Crippen LogP contribution >= 0.6 is 0 Å². The fraction of sp³-hybridized carbons (Fsp3) is 1.00.